The predicted molar refractivity (Wildman–Crippen MR) is 191 cm³/mol. The van der Waals surface area contributed by atoms with Gasteiger partial charge in [0.2, 0.25) is 5.79 Å². The monoisotopic (exact) mass is 689 g/mol. The summed E-state index contributed by atoms with van der Waals surface area (Å²) in [6, 6.07) is 22.9. The number of ether oxygens (including phenoxy) is 3. The molecule has 0 N–H and O–H groups in total. The van der Waals surface area contributed by atoms with Crippen LogP contribution in [0.15, 0.2) is 90.6 Å². The largest absolute Gasteiger partial charge is 0.491 e. The Morgan fingerprint density at radius 3 is 2.27 bits per heavy atom. The maximum atomic E-state index is 6.61. The number of aromatic nitrogens is 2. The van der Waals surface area contributed by atoms with E-state index in [-0.39, 0.29) is 6.10 Å². The average Bonchev–Trinajstić information content (AvgIpc) is 3.90. The van der Waals surface area contributed by atoms with Crippen LogP contribution in [-0.4, -0.2) is 79.1 Å². The second-order valence-corrected chi connectivity index (χ2v) is 13.3. The van der Waals surface area contributed by atoms with Gasteiger partial charge in [-0.25, -0.2) is 4.98 Å². The Labute approximate surface area is 292 Å². The van der Waals surface area contributed by atoms with E-state index in [9.17, 15) is 0 Å². The van der Waals surface area contributed by atoms with Gasteiger partial charge in [-0.15, -0.1) is 0 Å². The van der Waals surface area contributed by atoms with Gasteiger partial charge in [-0.3, -0.25) is 5.01 Å². The van der Waals surface area contributed by atoms with Gasteiger partial charge in [0.05, 0.1) is 24.5 Å². The van der Waals surface area contributed by atoms with E-state index in [2.05, 4.69) is 80.0 Å². The van der Waals surface area contributed by atoms with Crippen LogP contribution in [-0.2, 0) is 21.8 Å². The molecule has 3 aromatic carbocycles. The first-order valence-electron chi connectivity index (χ1n) is 16.5. The summed E-state index contributed by atoms with van der Waals surface area (Å²) in [6.07, 6.45) is 8.05. The summed E-state index contributed by atoms with van der Waals surface area (Å²) in [5.41, 5.74) is 4.33. The fourth-order valence-electron chi connectivity index (χ4n) is 6.37. The number of imidazole rings is 1. The third-order valence-corrected chi connectivity index (χ3v) is 9.90. The lowest BCUT2D eigenvalue weighted by atomic mass is 10.1. The van der Waals surface area contributed by atoms with Crippen molar-refractivity contribution in [2.24, 2.45) is 5.10 Å². The summed E-state index contributed by atoms with van der Waals surface area (Å²) in [6.45, 7) is 10.1. The molecule has 4 aromatic rings. The molecular formula is C36H41Cl2N7O3. The molecule has 0 aliphatic carbocycles. The van der Waals surface area contributed by atoms with E-state index in [4.69, 9.17) is 37.4 Å². The van der Waals surface area contributed by atoms with E-state index in [0.717, 1.165) is 50.6 Å². The van der Waals surface area contributed by atoms with Gasteiger partial charge in [-0.2, -0.15) is 5.10 Å². The van der Waals surface area contributed by atoms with Crippen molar-refractivity contribution in [2.75, 3.05) is 60.8 Å². The molecule has 3 aliphatic rings. The number of hydrogen-bond donors (Lipinski definition) is 0. The zero-order chi connectivity index (χ0) is 33.1. The number of anilines is 3. The minimum absolute atomic E-state index is 0.287. The second-order valence-electron chi connectivity index (χ2n) is 12.5. The van der Waals surface area contributed by atoms with Crippen molar-refractivity contribution >= 4 is 46.6 Å². The average molecular weight is 691 g/mol. The van der Waals surface area contributed by atoms with Crippen LogP contribution < -0.4 is 19.4 Å². The van der Waals surface area contributed by atoms with Gasteiger partial charge in [0.15, 0.2) is 0 Å². The molecule has 2 fully saturated rings. The molecule has 10 nitrogen and oxygen atoms in total. The van der Waals surface area contributed by atoms with Crippen LogP contribution in [0.5, 0.6) is 5.75 Å². The van der Waals surface area contributed by atoms with E-state index in [1.807, 2.05) is 35.3 Å². The molecule has 48 heavy (non-hydrogen) atoms. The van der Waals surface area contributed by atoms with Gasteiger partial charge in [0.1, 0.15) is 31.5 Å². The molecule has 2 saturated heterocycles. The Morgan fingerprint density at radius 1 is 0.938 bits per heavy atom. The molecule has 0 bridgehead atoms. The zero-order valence-corrected chi connectivity index (χ0v) is 28.8. The minimum atomic E-state index is -1.08. The molecule has 3 aliphatic heterocycles. The summed E-state index contributed by atoms with van der Waals surface area (Å²) in [7, 11) is 0. The highest BCUT2D eigenvalue weighted by Crippen LogP contribution is 2.40. The third-order valence-electron chi connectivity index (χ3n) is 9.35. The molecule has 3 atom stereocenters. The van der Waals surface area contributed by atoms with Crippen molar-refractivity contribution in [3.8, 4) is 5.75 Å². The number of benzene rings is 3. The molecule has 4 heterocycles. The fraction of sp³-hybridized carbons (Fsp3) is 0.389. The molecule has 252 valence electrons. The van der Waals surface area contributed by atoms with Crippen LogP contribution in [0, 0.1) is 0 Å². The Bertz CT molecular complexity index is 1680. The molecular weight excluding hydrogens is 649 g/mol. The highest BCUT2D eigenvalue weighted by Gasteiger charge is 2.45. The number of nitrogens with zero attached hydrogens (tertiary/aromatic N) is 7. The molecule has 0 radical (unpaired) electrons. The summed E-state index contributed by atoms with van der Waals surface area (Å²) in [5, 5.41) is 7.75. The molecule has 1 aromatic heterocycles. The lowest BCUT2D eigenvalue weighted by Gasteiger charge is -2.37. The molecule has 7 rings (SSSR count). The van der Waals surface area contributed by atoms with Crippen LogP contribution in [0.3, 0.4) is 0 Å². The van der Waals surface area contributed by atoms with E-state index < -0.39 is 5.79 Å². The fourth-order valence-corrected chi connectivity index (χ4v) is 6.92. The Hall–Kier alpha value is -3.96. The molecule has 0 spiro atoms. The Morgan fingerprint density at radius 2 is 1.62 bits per heavy atom. The first-order chi connectivity index (χ1) is 23.4. The van der Waals surface area contributed by atoms with Gasteiger partial charge >= 0.3 is 0 Å². The van der Waals surface area contributed by atoms with Crippen LogP contribution in [0.1, 0.15) is 25.8 Å². The van der Waals surface area contributed by atoms with Crippen molar-refractivity contribution < 1.29 is 14.2 Å². The van der Waals surface area contributed by atoms with E-state index >= 15 is 0 Å². The third kappa shape index (κ3) is 7.08. The number of halogens is 2. The van der Waals surface area contributed by atoms with Crippen molar-refractivity contribution in [1.82, 2.24) is 14.6 Å². The standard InChI is InChI=1S/C36H41Cl2N7O3/c1-3-27(2)45-26-44(25-40-45)31-7-5-29(6-8-31)42-16-18-43(19-17-42)30-9-11-32(12-10-30)46-21-33-22-47-36(48-33,23-41-15-14-39-24-41)34-13-4-28(37)20-35(34)38/h4-15,20,24-25,27,33H,3,16-19,21-23,26H2,1-2H3/t27?,33-,36-/m1/s1. The van der Waals surface area contributed by atoms with Gasteiger partial charge in [0, 0.05) is 72.3 Å². The molecule has 12 heteroatoms. The van der Waals surface area contributed by atoms with Gasteiger partial charge < -0.3 is 33.5 Å². The smallest absolute Gasteiger partial charge is 0.215 e. The SMILES string of the molecule is CCC(C)N1CN(c2ccc(N3CCN(c4ccc(OC[C@@H]5CO[C@@](Cn6ccnc6)(c6ccc(Cl)cc6Cl)O5)cc4)CC3)cc2)C=N1. The van der Waals surface area contributed by atoms with E-state index in [1.54, 1.807) is 24.7 Å². The number of piperazine rings is 1. The van der Waals surface area contributed by atoms with Crippen molar-refractivity contribution in [2.45, 2.75) is 44.7 Å². The number of hydrogen-bond acceptors (Lipinski definition) is 9. The van der Waals surface area contributed by atoms with E-state index in [1.165, 1.54) is 17.1 Å². The quantitative estimate of drug-likeness (QED) is 0.173. The highest BCUT2D eigenvalue weighted by molar-refractivity contribution is 6.35. The summed E-state index contributed by atoms with van der Waals surface area (Å²) in [5.74, 6) is -0.296. The molecule has 0 saturated carbocycles. The topological polar surface area (TPSA) is 70.8 Å². The van der Waals surface area contributed by atoms with Crippen LogP contribution in [0.2, 0.25) is 10.0 Å². The normalized spacial score (nSPS) is 21.7. The minimum Gasteiger partial charge on any atom is -0.491 e. The maximum Gasteiger partial charge on any atom is 0.215 e. The summed E-state index contributed by atoms with van der Waals surface area (Å²) >= 11 is 12.8. The van der Waals surface area contributed by atoms with Gasteiger partial charge in [-0.1, -0.05) is 36.2 Å². The Balaban J connectivity index is 0.906. The van der Waals surface area contributed by atoms with Gasteiger partial charge in [-0.05, 0) is 74.0 Å². The zero-order valence-electron chi connectivity index (χ0n) is 27.3. The first kappa shape index (κ1) is 32.6. The van der Waals surface area contributed by atoms with Crippen molar-refractivity contribution in [3.63, 3.8) is 0 Å². The molecule has 1 unspecified atom stereocenters. The van der Waals surface area contributed by atoms with Crippen LogP contribution in [0.25, 0.3) is 0 Å². The second kappa shape index (κ2) is 14.3. The summed E-state index contributed by atoms with van der Waals surface area (Å²) < 4.78 is 20.9. The number of hydrazone groups is 1. The predicted octanol–water partition coefficient (Wildman–Crippen LogP) is 6.69. The van der Waals surface area contributed by atoms with Crippen LogP contribution >= 0.6 is 23.2 Å². The Kier molecular flexibility index (Phi) is 9.68. The summed E-state index contributed by atoms with van der Waals surface area (Å²) in [4.78, 5) is 11.2. The molecule has 0 amide bonds. The lowest BCUT2D eigenvalue weighted by Crippen LogP contribution is -2.46. The highest BCUT2D eigenvalue weighted by atomic mass is 35.5. The first-order valence-corrected chi connectivity index (χ1v) is 17.3. The van der Waals surface area contributed by atoms with Gasteiger partial charge in [0.25, 0.3) is 0 Å². The van der Waals surface area contributed by atoms with Crippen molar-refractivity contribution in [1.29, 1.82) is 0 Å². The maximum absolute atomic E-state index is 6.61. The van der Waals surface area contributed by atoms with Crippen LogP contribution in [0.4, 0.5) is 17.1 Å². The number of rotatable bonds is 11. The van der Waals surface area contributed by atoms with E-state index in [0.29, 0.717) is 35.8 Å². The van der Waals surface area contributed by atoms with Crippen molar-refractivity contribution in [3.05, 3.63) is 101 Å². The lowest BCUT2D eigenvalue weighted by molar-refractivity contribution is -0.189.